The van der Waals surface area contributed by atoms with Crippen LogP contribution in [0.3, 0.4) is 0 Å². The van der Waals surface area contributed by atoms with Crippen LogP contribution < -0.4 is 10.1 Å². The van der Waals surface area contributed by atoms with Gasteiger partial charge in [-0.05, 0) is 37.3 Å². The molecule has 2 aromatic rings. The van der Waals surface area contributed by atoms with Gasteiger partial charge < -0.3 is 10.1 Å². The van der Waals surface area contributed by atoms with Gasteiger partial charge in [0, 0.05) is 11.2 Å². The molecule has 0 saturated heterocycles. The first-order valence-corrected chi connectivity index (χ1v) is 6.64. The number of hydrogen-bond donors (Lipinski definition) is 1. The summed E-state index contributed by atoms with van der Waals surface area (Å²) in [4.78, 5) is 15.9. The molecule has 0 aliphatic heterocycles. The predicted octanol–water partition coefficient (Wildman–Crippen LogP) is 3.79. The van der Waals surface area contributed by atoms with E-state index >= 15 is 0 Å². The van der Waals surface area contributed by atoms with Crippen molar-refractivity contribution in [3.63, 3.8) is 0 Å². The maximum absolute atomic E-state index is 12.0. The molecule has 4 nitrogen and oxygen atoms in total. The summed E-state index contributed by atoms with van der Waals surface area (Å²) in [7, 11) is 0. The minimum absolute atomic E-state index is 0.321. The number of nitrogens with one attached hydrogen (secondary N) is 1. The molecule has 20 heavy (non-hydrogen) atoms. The first-order chi connectivity index (χ1) is 9.56. The van der Waals surface area contributed by atoms with Crippen molar-refractivity contribution in [3.8, 4) is 5.75 Å². The first kappa shape index (κ1) is 14.6. The van der Waals surface area contributed by atoms with E-state index in [1.54, 1.807) is 43.5 Å². The van der Waals surface area contributed by atoms with Gasteiger partial charge >= 0.3 is 0 Å². The maximum Gasteiger partial charge on any atom is 0.265 e. The molecule has 0 radical (unpaired) electrons. The molecular weight excluding hydrogens is 299 g/mol. The lowest BCUT2D eigenvalue weighted by atomic mass is 10.3. The highest BCUT2D eigenvalue weighted by molar-refractivity contribution is 6.35. The topological polar surface area (TPSA) is 51.2 Å². The Labute approximate surface area is 126 Å². The molecule has 0 spiro atoms. The van der Waals surface area contributed by atoms with Gasteiger partial charge in [0.1, 0.15) is 5.75 Å². The molecule has 1 aromatic heterocycles. The van der Waals surface area contributed by atoms with Crippen LogP contribution in [0.25, 0.3) is 0 Å². The zero-order valence-corrected chi connectivity index (χ0v) is 12.2. The van der Waals surface area contributed by atoms with E-state index in [1.165, 1.54) is 6.20 Å². The van der Waals surface area contributed by atoms with Gasteiger partial charge in [0.25, 0.3) is 5.91 Å². The number of carbonyl (C=O) groups is 1. The minimum Gasteiger partial charge on any atom is -0.479 e. The molecule has 0 fully saturated rings. The van der Waals surface area contributed by atoms with E-state index in [1.807, 2.05) is 0 Å². The summed E-state index contributed by atoms with van der Waals surface area (Å²) in [6.45, 7) is 1.64. The van der Waals surface area contributed by atoms with Crippen LogP contribution in [0.5, 0.6) is 5.75 Å². The van der Waals surface area contributed by atoms with Crippen LogP contribution in [-0.4, -0.2) is 17.0 Å². The van der Waals surface area contributed by atoms with E-state index in [9.17, 15) is 4.79 Å². The summed E-state index contributed by atoms with van der Waals surface area (Å²) < 4.78 is 5.47. The Morgan fingerprint density at radius 3 is 2.85 bits per heavy atom. The largest absolute Gasteiger partial charge is 0.479 e. The molecule has 1 aromatic carbocycles. The maximum atomic E-state index is 12.0. The van der Waals surface area contributed by atoms with Gasteiger partial charge in [-0.3, -0.25) is 9.78 Å². The second-order valence-corrected chi connectivity index (χ2v) is 4.91. The Morgan fingerprint density at radius 1 is 1.35 bits per heavy atom. The molecule has 0 aliphatic carbocycles. The first-order valence-electron chi connectivity index (χ1n) is 5.89. The van der Waals surface area contributed by atoms with Crippen LogP contribution in [0.2, 0.25) is 10.0 Å². The number of amides is 1. The number of anilines is 1. The minimum atomic E-state index is -0.686. The smallest absolute Gasteiger partial charge is 0.265 e. The Morgan fingerprint density at radius 2 is 2.15 bits per heavy atom. The predicted molar refractivity (Wildman–Crippen MR) is 79.4 cm³/mol. The summed E-state index contributed by atoms with van der Waals surface area (Å²) in [6.07, 6.45) is 2.48. The molecular formula is C14H12Cl2N2O2. The third-order valence-electron chi connectivity index (χ3n) is 2.50. The Hall–Kier alpha value is -1.78. The summed E-state index contributed by atoms with van der Waals surface area (Å²) in [5.74, 6) is 0.199. The zero-order chi connectivity index (χ0) is 14.5. The normalized spacial score (nSPS) is 11.8. The Balaban J connectivity index is 2.02. The molecule has 1 heterocycles. The molecule has 1 unspecified atom stereocenters. The van der Waals surface area contributed by atoms with E-state index in [2.05, 4.69) is 10.3 Å². The van der Waals surface area contributed by atoms with E-state index in [0.717, 1.165) is 0 Å². The van der Waals surface area contributed by atoms with Gasteiger partial charge in [-0.1, -0.05) is 23.2 Å². The highest BCUT2D eigenvalue weighted by Gasteiger charge is 2.16. The number of carbonyl (C=O) groups excluding carboxylic acids is 1. The quantitative estimate of drug-likeness (QED) is 0.934. The van der Waals surface area contributed by atoms with Gasteiger partial charge in [-0.25, -0.2) is 0 Å². The van der Waals surface area contributed by atoms with Crippen molar-refractivity contribution in [2.45, 2.75) is 13.0 Å². The van der Waals surface area contributed by atoms with Gasteiger partial charge in [0.2, 0.25) is 0 Å². The van der Waals surface area contributed by atoms with E-state index in [0.29, 0.717) is 21.5 Å². The van der Waals surface area contributed by atoms with Crippen molar-refractivity contribution in [3.05, 3.63) is 52.8 Å². The van der Waals surface area contributed by atoms with Crippen molar-refractivity contribution < 1.29 is 9.53 Å². The lowest BCUT2D eigenvalue weighted by Gasteiger charge is -2.15. The highest BCUT2D eigenvalue weighted by Crippen LogP contribution is 2.25. The Bertz CT molecular complexity index is 605. The third kappa shape index (κ3) is 3.85. The van der Waals surface area contributed by atoms with Crippen molar-refractivity contribution in [2.75, 3.05) is 5.32 Å². The van der Waals surface area contributed by atoms with Crippen LogP contribution in [0.4, 0.5) is 5.69 Å². The number of halogens is 2. The molecule has 2 rings (SSSR count). The number of hydrogen-bond acceptors (Lipinski definition) is 3. The number of ether oxygens (including phenoxy) is 1. The lowest BCUT2D eigenvalue weighted by Crippen LogP contribution is -2.30. The fourth-order valence-electron chi connectivity index (χ4n) is 1.50. The van der Waals surface area contributed by atoms with Crippen molar-refractivity contribution in [2.24, 2.45) is 0 Å². The lowest BCUT2D eigenvalue weighted by molar-refractivity contribution is -0.122. The summed E-state index contributed by atoms with van der Waals surface area (Å²) in [5, 5.41) is 3.57. The average molecular weight is 311 g/mol. The van der Waals surface area contributed by atoms with Crippen molar-refractivity contribution in [1.29, 1.82) is 0 Å². The van der Waals surface area contributed by atoms with Gasteiger partial charge in [-0.15, -0.1) is 0 Å². The Kier molecular flexibility index (Phi) is 4.82. The third-order valence-corrected chi connectivity index (χ3v) is 3.07. The average Bonchev–Trinajstić information content (AvgIpc) is 2.44. The van der Waals surface area contributed by atoms with Crippen LogP contribution in [0, 0.1) is 0 Å². The molecule has 1 N–H and O–H groups in total. The molecule has 1 amide bonds. The molecule has 104 valence electrons. The van der Waals surface area contributed by atoms with E-state index in [4.69, 9.17) is 27.9 Å². The fourth-order valence-corrected chi connectivity index (χ4v) is 1.84. The molecule has 0 aliphatic rings. The molecule has 0 saturated carbocycles. The standard InChI is InChI=1S/C14H12Cl2N2O2/c1-9(20-11-3-2-6-17-8-11)14(19)18-13-7-10(15)4-5-12(13)16/h2-9H,1H3,(H,18,19). The fraction of sp³-hybridized carbons (Fsp3) is 0.143. The second kappa shape index (κ2) is 6.59. The monoisotopic (exact) mass is 310 g/mol. The van der Waals surface area contributed by atoms with Crippen LogP contribution in [-0.2, 0) is 4.79 Å². The summed E-state index contributed by atoms with van der Waals surface area (Å²) in [5.41, 5.74) is 0.450. The number of aromatic nitrogens is 1. The van der Waals surface area contributed by atoms with Gasteiger partial charge in [0.15, 0.2) is 6.10 Å². The number of pyridine rings is 1. The van der Waals surface area contributed by atoms with Crippen molar-refractivity contribution >= 4 is 34.8 Å². The SMILES string of the molecule is CC(Oc1cccnc1)C(=O)Nc1cc(Cl)ccc1Cl. The second-order valence-electron chi connectivity index (χ2n) is 4.06. The van der Waals surface area contributed by atoms with Crippen LogP contribution in [0.15, 0.2) is 42.7 Å². The van der Waals surface area contributed by atoms with Crippen LogP contribution in [0.1, 0.15) is 6.92 Å². The van der Waals surface area contributed by atoms with Crippen LogP contribution >= 0.6 is 23.2 Å². The van der Waals surface area contributed by atoms with Crippen molar-refractivity contribution in [1.82, 2.24) is 4.98 Å². The molecule has 6 heteroatoms. The highest BCUT2D eigenvalue weighted by atomic mass is 35.5. The molecule has 0 bridgehead atoms. The van der Waals surface area contributed by atoms with Gasteiger partial charge in [-0.2, -0.15) is 0 Å². The number of nitrogens with zero attached hydrogens (tertiary/aromatic N) is 1. The van der Waals surface area contributed by atoms with E-state index < -0.39 is 6.10 Å². The van der Waals surface area contributed by atoms with Gasteiger partial charge in [0.05, 0.1) is 16.9 Å². The summed E-state index contributed by atoms with van der Waals surface area (Å²) in [6, 6.07) is 8.30. The number of benzene rings is 1. The zero-order valence-electron chi connectivity index (χ0n) is 10.6. The number of rotatable bonds is 4. The molecule has 1 atom stereocenters. The summed E-state index contributed by atoms with van der Waals surface area (Å²) >= 11 is 11.8. The van der Waals surface area contributed by atoms with E-state index in [-0.39, 0.29) is 5.91 Å².